The molecule has 242 valence electrons. The van der Waals surface area contributed by atoms with Gasteiger partial charge in [0.15, 0.2) is 5.82 Å². The Kier molecular flexibility index (Phi) is 8.14. The zero-order valence-electron chi connectivity index (χ0n) is 23.8. The number of nitrogens with zero attached hydrogens (tertiary/aromatic N) is 4. The van der Waals surface area contributed by atoms with Gasteiger partial charge in [-0.05, 0) is 49.1 Å². The number of rotatable bonds is 10. The molecule has 0 spiro atoms. The highest BCUT2D eigenvalue weighted by molar-refractivity contribution is 7.93. The summed E-state index contributed by atoms with van der Waals surface area (Å²) in [7, 11) is -2.67. The van der Waals surface area contributed by atoms with E-state index in [1.807, 2.05) is 0 Å². The molecule has 0 aliphatic heterocycles. The molecule has 0 bridgehead atoms. The van der Waals surface area contributed by atoms with Crippen LogP contribution in [0.4, 0.5) is 27.8 Å². The van der Waals surface area contributed by atoms with Gasteiger partial charge in [0.25, 0.3) is 12.0 Å². The molecule has 10 nitrogen and oxygen atoms in total. The Balaban J connectivity index is 1.65. The lowest BCUT2D eigenvalue weighted by atomic mass is 10.0. The van der Waals surface area contributed by atoms with Crippen LogP contribution in [0.1, 0.15) is 30.3 Å². The zero-order chi connectivity index (χ0) is 33.1. The molecule has 2 aromatic heterocycles. The van der Waals surface area contributed by atoms with E-state index in [4.69, 9.17) is 22.1 Å². The van der Waals surface area contributed by atoms with Gasteiger partial charge in [-0.25, -0.2) is 35.4 Å². The summed E-state index contributed by atoms with van der Waals surface area (Å²) in [4.78, 5) is 18.6. The van der Waals surface area contributed by atoms with E-state index in [1.165, 1.54) is 25.3 Å². The van der Waals surface area contributed by atoms with Gasteiger partial charge in [-0.3, -0.25) is 18.8 Å². The molecule has 1 fully saturated rings. The van der Waals surface area contributed by atoms with Crippen LogP contribution in [0.3, 0.4) is 0 Å². The van der Waals surface area contributed by atoms with Gasteiger partial charge in [0.05, 0.1) is 45.5 Å². The van der Waals surface area contributed by atoms with Crippen LogP contribution in [-0.2, 0) is 23.0 Å². The zero-order valence-corrected chi connectivity index (χ0v) is 25.3. The maximum absolute atomic E-state index is 15.4. The van der Waals surface area contributed by atoms with Crippen molar-refractivity contribution in [1.29, 1.82) is 0 Å². The third-order valence-electron chi connectivity index (χ3n) is 7.44. The Bertz CT molecular complexity index is 2170. The highest BCUT2D eigenvalue weighted by Crippen LogP contribution is 2.38. The summed E-state index contributed by atoms with van der Waals surface area (Å²) in [5.74, 6) is -3.35. The van der Waals surface area contributed by atoms with Crippen molar-refractivity contribution in [2.24, 2.45) is 5.73 Å². The molecule has 0 unspecified atom stereocenters. The van der Waals surface area contributed by atoms with Crippen LogP contribution >= 0.6 is 11.6 Å². The summed E-state index contributed by atoms with van der Waals surface area (Å²) < 4.78 is 106. The van der Waals surface area contributed by atoms with E-state index in [-0.39, 0.29) is 56.5 Å². The van der Waals surface area contributed by atoms with Gasteiger partial charge >= 0.3 is 0 Å². The third kappa shape index (κ3) is 5.87. The fourth-order valence-corrected chi connectivity index (χ4v) is 6.88. The molecule has 6 rings (SSSR count). The summed E-state index contributed by atoms with van der Waals surface area (Å²) in [6.07, 6.45) is -2.45. The highest BCUT2D eigenvalue weighted by atomic mass is 35.5. The summed E-state index contributed by atoms with van der Waals surface area (Å²) in [6.45, 7) is -1.04. The fourth-order valence-electron chi connectivity index (χ4n) is 5.30. The molecule has 1 saturated carbocycles. The highest BCUT2D eigenvalue weighted by Gasteiger charge is 2.37. The monoisotopic (exact) mass is 682 g/mol. The summed E-state index contributed by atoms with van der Waals surface area (Å²) >= 11 is 6.48. The molecule has 5 aromatic rings. The van der Waals surface area contributed by atoms with Crippen molar-refractivity contribution < 1.29 is 35.1 Å². The quantitative estimate of drug-likeness (QED) is 0.193. The molecule has 46 heavy (non-hydrogen) atoms. The number of aromatic nitrogens is 4. The number of benzene rings is 3. The van der Waals surface area contributed by atoms with Gasteiger partial charge in [0, 0.05) is 18.2 Å². The second-order valence-corrected chi connectivity index (χ2v) is 13.1. The Morgan fingerprint density at radius 1 is 1.09 bits per heavy atom. The molecule has 0 amide bonds. The first-order chi connectivity index (χ1) is 21.8. The van der Waals surface area contributed by atoms with Crippen molar-refractivity contribution in [1.82, 2.24) is 19.3 Å². The molecular weight excluding hydrogens is 659 g/mol. The predicted molar refractivity (Wildman–Crippen MR) is 161 cm³/mol. The standard InChI is InChI=1S/C29H24ClF5N6O4S/c1-45-16-10-19(33)25-21(11-16)37-28(20(36)8-13-6-14(31)9-15(32)7-13)41(29(25)42)22-5-4-18(30)24-26(22)40(12-23(34)35)38-27(24)39-46(43,44)17-2-3-17/h4-7,9-11,17,20,23H,2-3,8,12,36H2,1H3,(H,38,39)/t20-/m0/s1. The van der Waals surface area contributed by atoms with Gasteiger partial charge in [-0.1, -0.05) is 11.6 Å². The van der Waals surface area contributed by atoms with Crippen molar-refractivity contribution in [2.45, 2.75) is 43.5 Å². The average Bonchev–Trinajstić information content (AvgIpc) is 3.77. The topological polar surface area (TPSA) is 134 Å². The molecule has 3 aromatic carbocycles. The van der Waals surface area contributed by atoms with Crippen LogP contribution in [0.5, 0.6) is 5.75 Å². The van der Waals surface area contributed by atoms with E-state index in [0.29, 0.717) is 18.9 Å². The molecule has 0 radical (unpaired) electrons. The number of nitrogens with one attached hydrogen (secondary N) is 1. The maximum Gasteiger partial charge on any atom is 0.269 e. The first-order valence-electron chi connectivity index (χ1n) is 13.8. The first-order valence-corrected chi connectivity index (χ1v) is 15.7. The molecule has 2 heterocycles. The van der Waals surface area contributed by atoms with Crippen LogP contribution in [-0.4, -0.2) is 46.5 Å². The minimum Gasteiger partial charge on any atom is -0.497 e. The second kappa shape index (κ2) is 11.8. The first kappa shape index (κ1) is 31.7. The Morgan fingerprint density at radius 2 is 1.78 bits per heavy atom. The number of nitrogens with two attached hydrogens (primary N) is 1. The van der Waals surface area contributed by atoms with Crippen LogP contribution in [0.2, 0.25) is 5.02 Å². The van der Waals surface area contributed by atoms with Crippen molar-refractivity contribution in [3.8, 4) is 11.4 Å². The number of anilines is 1. The van der Waals surface area contributed by atoms with E-state index in [9.17, 15) is 30.8 Å². The Morgan fingerprint density at radius 3 is 2.41 bits per heavy atom. The van der Waals surface area contributed by atoms with E-state index >= 15 is 4.39 Å². The third-order valence-corrected chi connectivity index (χ3v) is 9.59. The number of methoxy groups -OCH3 is 1. The van der Waals surface area contributed by atoms with Gasteiger partial charge in [0.2, 0.25) is 10.0 Å². The fraction of sp³-hybridized carbons (Fsp3) is 0.276. The van der Waals surface area contributed by atoms with E-state index in [0.717, 1.165) is 27.4 Å². The SMILES string of the molecule is COc1cc(F)c2c(=O)n(-c3ccc(Cl)c4c(NS(=O)(=O)C5CC5)nn(CC(F)F)c34)c([C@@H](N)Cc3cc(F)cc(F)c3)nc2c1. The van der Waals surface area contributed by atoms with Crippen LogP contribution < -0.4 is 20.8 Å². The molecule has 1 atom stereocenters. The Labute approximate surface area is 262 Å². The van der Waals surface area contributed by atoms with Crippen molar-refractivity contribution >= 4 is 49.2 Å². The van der Waals surface area contributed by atoms with Gasteiger partial charge < -0.3 is 10.5 Å². The summed E-state index contributed by atoms with van der Waals surface area (Å²) in [5.41, 5.74) is 5.03. The minimum atomic E-state index is -3.95. The van der Waals surface area contributed by atoms with E-state index in [1.54, 1.807) is 0 Å². The maximum atomic E-state index is 15.4. The normalized spacial score (nSPS) is 14.4. The number of alkyl halides is 2. The van der Waals surface area contributed by atoms with Crippen molar-refractivity contribution in [3.63, 3.8) is 0 Å². The summed E-state index contributed by atoms with van der Waals surface area (Å²) in [6, 6.07) is 6.23. The molecular formula is C29H24ClF5N6O4S. The number of hydrogen-bond acceptors (Lipinski definition) is 7. The van der Waals surface area contributed by atoms with Crippen LogP contribution in [0.25, 0.3) is 27.5 Å². The summed E-state index contributed by atoms with van der Waals surface area (Å²) in [5, 5.41) is 2.67. The number of hydrogen-bond donors (Lipinski definition) is 2. The van der Waals surface area contributed by atoms with Crippen molar-refractivity contribution in [2.75, 3.05) is 11.8 Å². The predicted octanol–water partition coefficient (Wildman–Crippen LogP) is 5.23. The van der Waals surface area contributed by atoms with E-state index in [2.05, 4.69) is 14.8 Å². The molecule has 0 saturated heterocycles. The second-order valence-electron chi connectivity index (χ2n) is 10.8. The number of halogens is 6. The molecule has 1 aliphatic carbocycles. The van der Waals surface area contributed by atoms with Crippen molar-refractivity contribution in [3.05, 3.63) is 86.7 Å². The minimum absolute atomic E-state index is 0.0258. The van der Waals surface area contributed by atoms with E-state index < -0.39 is 62.7 Å². The van der Waals surface area contributed by atoms with Crippen LogP contribution in [0, 0.1) is 17.5 Å². The average molecular weight is 683 g/mol. The lowest BCUT2D eigenvalue weighted by Gasteiger charge is -2.20. The molecule has 17 heteroatoms. The number of fused-ring (bicyclic) bond motifs is 2. The van der Waals surface area contributed by atoms with Gasteiger partial charge in [0.1, 0.15) is 41.0 Å². The van der Waals surface area contributed by atoms with Crippen LogP contribution in [0.15, 0.2) is 47.3 Å². The lowest BCUT2D eigenvalue weighted by molar-refractivity contribution is 0.123. The number of ether oxygens (including phenoxy) is 1. The number of sulfonamides is 1. The molecule has 1 aliphatic rings. The smallest absolute Gasteiger partial charge is 0.269 e. The van der Waals surface area contributed by atoms with Gasteiger partial charge in [-0.2, -0.15) is 5.10 Å². The Hall–Kier alpha value is -4.28. The van der Waals surface area contributed by atoms with Gasteiger partial charge in [-0.15, -0.1) is 0 Å². The lowest BCUT2D eigenvalue weighted by Crippen LogP contribution is -2.30. The largest absolute Gasteiger partial charge is 0.497 e. The molecule has 3 N–H and O–H groups in total.